The topological polar surface area (TPSA) is 111 Å². The molecule has 4 aliphatic rings. The van der Waals surface area contributed by atoms with E-state index in [0.717, 1.165) is 28.7 Å². The lowest BCUT2D eigenvalue weighted by atomic mass is 9.30. The zero-order chi connectivity index (χ0) is 26.8. The highest BCUT2D eigenvalue weighted by molar-refractivity contribution is 5.69. The molecule has 3 aliphatic carbocycles. The highest BCUT2D eigenvalue weighted by Crippen LogP contribution is 2.80. The number of alkyl carbamates (subject to hydrolysis) is 1. The Morgan fingerprint density at radius 3 is 2.50 bits per heavy atom. The average Bonchev–Trinajstić information content (AvgIpc) is 3.48. The van der Waals surface area contributed by atoms with Crippen LogP contribution in [0.15, 0.2) is 48.8 Å². The predicted octanol–water partition coefficient (Wildman–Crippen LogP) is 3.08. The summed E-state index contributed by atoms with van der Waals surface area (Å²) in [6, 6.07) is 9.21. The third kappa shape index (κ3) is 3.62. The molecule has 4 fully saturated rings. The summed E-state index contributed by atoms with van der Waals surface area (Å²) in [5, 5.41) is 24.4. The number of hydrogen-bond acceptors (Lipinski definition) is 7. The van der Waals surface area contributed by atoms with Crippen molar-refractivity contribution in [2.24, 2.45) is 5.41 Å². The van der Waals surface area contributed by atoms with Crippen LogP contribution in [0.25, 0.3) is 0 Å². The predicted molar refractivity (Wildman–Crippen MR) is 121 cm³/mol. The van der Waals surface area contributed by atoms with E-state index in [1.54, 1.807) is 12.1 Å². The summed E-state index contributed by atoms with van der Waals surface area (Å²) in [6.45, 7) is -0.279. The second kappa shape index (κ2) is 8.38. The molecule has 2 N–H and O–H groups in total. The van der Waals surface area contributed by atoms with Gasteiger partial charge >= 0.3 is 6.09 Å². The number of alkyl halides is 2. The summed E-state index contributed by atoms with van der Waals surface area (Å²) < 4.78 is 72.4. The number of benzene rings is 2. The molecule has 2 heterocycles. The smallest absolute Gasteiger partial charge is 0.407 e. The molecule has 1 aromatic heterocycles. The molecular weight excluding hydrogens is 510 g/mol. The molecule has 2 bridgehead atoms. The third-order valence-corrected chi connectivity index (χ3v) is 8.03. The molecule has 13 heteroatoms. The first-order valence-corrected chi connectivity index (χ1v) is 12.0. The Balaban J connectivity index is 1.20. The monoisotopic (exact) mass is 533 g/mol. The second-order valence-electron chi connectivity index (χ2n) is 10.4. The van der Waals surface area contributed by atoms with Gasteiger partial charge in [0.1, 0.15) is 30.3 Å². The average molecular weight is 533 g/mol. The van der Waals surface area contributed by atoms with Gasteiger partial charge in [0.2, 0.25) is 0 Å². The van der Waals surface area contributed by atoms with Crippen LogP contribution in [0.1, 0.15) is 30.4 Å². The third-order valence-electron chi connectivity index (χ3n) is 8.03. The van der Waals surface area contributed by atoms with E-state index in [-0.39, 0.29) is 32.0 Å². The minimum atomic E-state index is -3.79. The van der Waals surface area contributed by atoms with E-state index in [0.29, 0.717) is 18.4 Å². The van der Waals surface area contributed by atoms with Crippen LogP contribution in [-0.4, -0.2) is 56.6 Å². The number of carbonyl (C=O) groups is 1. The molecule has 1 amide bonds. The van der Waals surface area contributed by atoms with Gasteiger partial charge in [-0.2, -0.15) is 0 Å². The number of tetrazole rings is 1. The summed E-state index contributed by atoms with van der Waals surface area (Å²) in [7, 11) is 0. The van der Waals surface area contributed by atoms with E-state index in [1.807, 2.05) is 12.1 Å². The first-order valence-electron chi connectivity index (χ1n) is 12.0. The normalized spacial score (nSPS) is 27.5. The van der Waals surface area contributed by atoms with Crippen molar-refractivity contribution in [3.63, 3.8) is 0 Å². The number of aliphatic hydroxyl groups is 1. The Hall–Kier alpha value is -3.74. The number of nitrogens with one attached hydrogen (secondary N) is 1. The summed E-state index contributed by atoms with van der Waals surface area (Å²) in [4.78, 5) is 11.1. The number of rotatable bonds is 9. The molecule has 7 rings (SSSR count). The van der Waals surface area contributed by atoms with Crippen LogP contribution in [0, 0.1) is 17.0 Å². The van der Waals surface area contributed by atoms with Crippen molar-refractivity contribution in [1.29, 1.82) is 0 Å². The Kier molecular flexibility index (Phi) is 5.42. The molecule has 3 saturated carbocycles. The van der Waals surface area contributed by atoms with Gasteiger partial charge in [-0.05, 0) is 64.9 Å². The number of carbonyl (C=O) groups excluding carboxylic acids is 1. The van der Waals surface area contributed by atoms with Gasteiger partial charge in [-0.15, -0.1) is 5.10 Å². The van der Waals surface area contributed by atoms with Crippen molar-refractivity contribution in [3.05, 3.63) is 71.6 Å². The van der Waals surface area contributed by atoms with E-state index < -0.39 is 52.2 Å². The highest BCUT2D eigenvalue weighted by atomic mass is 19.3. The summed E-state index contributed by atoms with van der Waals surface area (Å²) >= 11 is 0. The molecule has 38 heavy (non-hydrogen) atoms. The molecule has 9 nitrogen and oxygen atoms in total. The van der Waals surface area contributed by atoms with Gasteiger partial charge in [-0.3, -0.25) is 0 Å². The van der Waals surface area contributed by atoms with Crippen molar-refractivity contribution >= 4 is 6.09 Å². The van der Waals surface area contributed by atoms with Gasteiger partial charge < -0.3 is 19.9 Å². The molecule has 1 saturated heterocycles. The Morgan fingerprint density at radius 2 is 1.89 bits per heavy atom. The van der Waals surface area contributed by atoms with Crippen LogP contribution in [0.5, 0.6) is 5.75 Å². The minimum Gasteiger partial charge on any atom is -0.490 e. The lowest BCUT2D eigenvalue weighted by Gasteiger charge is -2.74. The molecule has 2 atom stereocenters. The van der Waals surface area contributed by atoms with Crippen molar-refractivity contribution in [2.75, 3.05) is 13.2 Å². The highest BCUT2D eigenvalue weighted by Gasteiger charge is 2.82. The fourth-order valence-corrected chi connectivity index (χ4v) is 6.15. The Bertz CT molecular complexity index is 1350. The zero-order valence-electron chi connectivity index (χ0n) is 19.9. The van der Waals surface area contributed by atoms with Gasteiger partial charge in [0.05, 0.1) is 13.1 Å². The van der Waals surface area contributed by atoms with Crippen LogP contribution >= 0.6 is 0 Å². The second-order valence-corrected chi connectivity index (χ2v) is 10.4. The molecule has 1 aliphatic heterocycles. The number of nitrogens with zero attached hydrogens (tertiary/aromatic N) is 4. The maximum absolute atomic E-state index is 16.3. The minimum absolute atomic E-state index is 0.0810. The van der Waals surface area contributed by atoms with Crippen LogP contribution in [0.2, 0.25) is 0 Å². The quantitative estimate of drug-likeness (QED) is 0.407. The first-order chi connectivity index (χ1) is 18.1. The fraction of sp³-hybridized carbons (Fsp3) is 0.440. The van der Waals surface area contributed by atoms with E-state index >= 15 is 8.78 Å². The van der Waals surface area contributed by atoms with Crippen LogP contribution in [-0.2, 0) is 22.3 Å². The fourth-order valence-electron chi connectivity index (χ4n) is 6.15. The standard InChI is InChI=1S/C25H23F4N5O4/c26-16-3-6-19(20(27)7-16)24(36,13-34-14-31-32-33-34)25(28,29)23-10-22(11-23,12-23)15-1-4-17(5-2-15)37-9-18-8-30-21(35)38-18/h1-7,14,18,36H,8-13H2,(H,30,35)/t18-,22?,23?,24+/m0/s1. The van der Waals surface area contributed by atoms with E-state index in [9.17, 15) is 18.7 Å². The zero-order valence-corrected chi connectivity index (χ0v) is 19.9. The van der Waals surface area contributed by atoms with Crippen molar-refractivity contribution in [2.45, 2.75) is 48.8 Å². The molecule has 0 radical (unpaired) electrons. The van der Waals surface area contributed by atoms with E-state index in [4.69, 9.17) is 9.47 Å². The lowest BCUT2D eigenvalue weighted by molar-refractivity contribution is -0.347. The number of hydrogen-bond donors (Lipinski definition) is 2. The Morgan fingerprint density at radius 1 is 1.16 bits per heavy atom. The molecule has 3 aromatic rings. The molecule has 2 aromatic carbocycles. The van der Waals surface area contributed by atoms with E-state index in [2.05, 4.69) is 20.8 Å². The van der Waals surface area contributed by atoms with Crippen LogP contribution in [0.3, 0.4) is 0 Å². The van der Waals surface area contributed by atoms with Crippen molar-refractivity contribution in [3.8, 4) is 5.75 Å². The number of cyclic esters (lactones) is 1. The van der Waals surface area contributed by atoms with Crippen LogP contribution in [0.4, 0.5) is 22.4 Å². The Labute approximate surface area is 213 Å². The number of ether oxygens (including phenoxy) is 2. The first kappa shape index (κ1) is 24.6. The largest absolute Gasteiger partial charge is 0.490 e. The van der Waals surface area contributed by atoms with Gasteiger partial charge in [0.15, 0.2) is 11.7 Å². The summed E-state index contributed by atoms with van der Waals surface area (Å²) in [5.41, 5.74) is -4.96. The van der Waals surface area contributed by atoms with Crippen molar-refractivity contribution in [1.82, 2.24) is 25.5 Å². The van der Waals surface area contributed by atoms with E-state index in [1.165, 1.54) is 0 Å². The molecule has 0 unspecified atom stereocenters. The molecule has 200 valence electrons. The van der Waals surface area contributed by atoms with Crippen LogP contribution < -0.4 is 10.1 Å². The van der Waals surface area contributed by atoms with Gasteiger partial charge in [-0.1, -0.05) is 12.1 Å². The van der Waals surface area contributed by atoms with Gasteiger partial charge in [0.25, 0.3) is 5.92 Å². The summed E-state index contributed by atoms with van der Waals surface area (Å²) in [6.07, 6.45) is 0.408. The molecular formula is C25H23F4N5O4. The number of amides is 1. The maximum Gasteiger partial charge on any atom is 0.407 e. The molecule has 0 spiro atoms. The lowest BCUT2D eigenvalue weighted by Crippen LogP contribution is -2.76. The summed E-state index contributed by atoms with van der Waals surface area (Å²) in [5.74, 6) is -5.47. The van der Waals surface area contributed by atoms with Crippen molar-refractivity contribution < 1.29 is 36.9 Å². The van der Waals surface area contributed by atoms with Gasteiger partial charge in [0, 0.05) is 17.0 Å². The maximum atomic E-state index is 16.3. The van der Waals surface area contributed by atoms with Gasteiger partial charge in [-0.25, -0.2) is 27.0 Å². The SMILES string of the molecule is O=C1NC[C@@H](COc2ccc(C34CC(C(F)(F)[C@@](O)(Cn5cnnn5)c5ccc(F)cc5F)(C3)C4)cc2)O1. The number of aromatic nitrogens is 4. The number of halogens is 4.